The van der Waals surface area contributed by atoms with Crippen LogP contribution in [0.4, 0.5) is 0 Å². The van der Waals surface area contributed by atoms with Crippen molar-refractivity contribution in [3.8, 4) is 0 Å². The maximum atomic E-state index is 2.75. The van der Waals surface area contributed by atoms with E-state index in [1.54, 1.807) is 6.42 Å². The van der Waals surface area contributed by atoms with Crippen molar-refractivity contribution in [3.05, 3.63) is 0 Å². The number of hydrogen-bond acceptors (Lipinski definition) is 0. The van der Waals surface area contributed by atoms with Crippen LogP contribution in [0.25, 0.3) is 0 Å². The summed E-state index contributed by atoms with van der Waals surface area (Å²) in [6, 6.07) is 1.80. The van der Waals surface area contributed by atoms with Gasteiger partial charge in [-0.05, 0) is 87.9 Å². The van der Waals surface area contributed by atoms with Gasteiger partial charge in [-0.2, -0.15) is 0 Å². The van der Waals surface area contributed by atoms with E-state index in [4.69, 9.17) is 0 Å². The molecule has 0 radical (unpaired) electrons. The number of quaternary nitrogens is 2. The van der Waals surface area contributed by atoms with Crippen LogP contribution in [0.3, 0.4) is 0 Å². The summed E-state index contributed by atoms with van der Waals surface area (Å²) >= 11 is 0. The van der Waals surface area contributed by atoms with Gasteiger partial charge in [0.1, 0.15) is 0 Å². The third-order valence-corrected chi connectivity index (χ3v) is 12.1. The second-order valence-corrected chi connectivity index (χ2v) is 13.4. The van der Waals surface area contributed by atoms with Crippen molar-refractivity contribution in [1.82, 2.24) is 0 Å². The molecule has 0 aromatic rings. The Morgan fingerprint density at radius 2 is 1.31 bits per heavy atom. The van der Waals surface area contributed by atoms with Crippen LogP contribution < -0.4 is 0 Å². The standard InChI is InChI=1S/C27H52N2/c1-9-28(5,6)21-15-17-26(3)20(19-21)11-12-22-23-13-14-25(29(7,8)10-2)27(23,4)18-16-24(22)26/h20-25H,9-19H2,1-8H3/q+2. The van der Waals surface area contributed by atoms with Gasteiger partial charge in [0.25, 0.3) is 0 Å². The third-order valence-electron chi connectivity index (χ3n) is 12.1. The first-order valence-corrected chi connectivity index (χ1v) is 13.1. The van der Waals surface area contributed by atoms with Crippen LogP contribution >= 0.6 is 0 Å². The lowest BCUT2D eigenvalue weighted by Gasteiger charge is -2.62. The quantitative estimate of drug-likeness (QED) is 0.507. The fourth-order valence-corrected chi connectivity index (χ4v) is 9.47. The summed E-state index contributed by atoms with van der Waals surface area (Å²) < 4.78 is 2.49. The van der Waals surface area contributed by atoms with Crippen molar-refractivity contribution in [1.29, 1.82) is 0 Å². The average Bonchev–Trinajstić information content (AvgIpc) is 3.05. The van der Waals surface area contributed by atoms with E-state index in [0.29, 0.717) is 10.8 Å². The molecule has 0 amide bonds. The SMILES string of the molecule is CC[N+](C)(C)C1CCC2(C)C(CCC3C2CCC2(C)C3CCC2[N+](C)(C)CC)C1. The highest BCUT2D eigenvalue weighted by Crippen LogP contribution is 2.67. The highest BCUT2D eigenvalue weighted by Gasteiger charge is 2.63. The van der Waals surface area contributed by atoms with Crippen molar-refractivity contribution in [2.45, 2.75) is 97.6 Å². The maximum absolute atomic E-state index is 2.75. The zero-order chi connectivity index (χ0) is 21.2. The molecule has 0 aliphatic heterocycles. The Morgan fingerprint density at radius 3 is 1.97 bits per heavy atom. The Morgan fingerprint density at radius 1 is 0.690 bits per heavy atom. The van der Waals surface area contributed by atoms with Crippen molar-refractivity contribution < 1.29 is 8.97 Å². The molecular weight excluding hydrogens is 352 g/mol. The van der Waals surface area contributed by atoms with Crippen molar-refractivity contribution in [2.75, 3.05) is 41.3 Å². The minimum atomic E-state index is 0.599. The van der Waals surface area contributed by atoms with Crippen molar-refractivity contribution >= 4 is 0 Å². The zero-order valence-corrected chi connectivity index (χ0v) is 21.1. The van der Waals surface area contributed by atoms with Crippen LogP contribution in [0, 0.1) is 34.5 Å². The molecule has 0 N–H and O–H groups in total. The number of hydrogen-bond donors (Lipinski definition) is 0. The lowest BCUT2D eigenvalue weighted by molar-refractivity contribution is -0.920. The van der Waals surface area contributed by atoms with Crippen LogP contribution in [0.1, 0.15) is 85.5 Å². The molecule has 0 spiro atoms. The first kappa shape index (κ1) is 22.1. The number of rotatable bonds is 4. The Bertz CT molecular complexity index is 610. The summed E-state index contributed by atoms with van der Waals surface area (Å²) in [5.41, 5.74) is 1.24. The minimum absolute atomic E-state index is 0.599. The fraction of sp³-hybridized carbons (Fsp3) is 1.00. The number of fused-ring (bicyclic) bond motifs is 5. The summed E-state index contributed by atoms with van der Waals surface area (Å²) in [6.07, 6.45) is 13.6. The van der Waals surface area contributed by atoms with E-state index in [2.05, 4.69) is 55.9 Å². The molecule has 0 aromatic heterocycles. The topological polar surface area (TPSA) is 0 Å². The van der Waals surface area contributed by atoms with Gasteiger partial charge in [0.15, 0.2) is 0 Å². The zero-order valence-electron chi connectivity index (χ0n) is 21.1. The largest absolute Gasteiger partial charge is 0.326 e. The van der Waals surface area contributed by atoms with E-state index in [0.717, 1.165) is 35.8 Å². The van der Waals surface area contributed by atoms with Crippen LogP contribution in [0.2, 0.25) is 0 Å². The van der Waals surface area contributed by atoms with Gasteiger partial charge in [-0.15, -0.1) is 0 Å². The van der Waals surface area contributed by atoms with E-state index < -0.39 is 0 Å². The molecule has 8 unspecified atom stereocenters. The van der Waals surface area contributed by atoms with E-state index in [9.17, 15) is 0 Å². The lowest BCUT2D eigenvalue weighted by Crippen LogP contribution is -2.60. The molecule has 29 heavy (non-hydrogen) atoms. The van der Waals surface area contributed by atoms with Gasteiger partial charge < -0.3 is 8.97 Å². The molecule has 8 atom stereocenters. The normalized spacial score (nSPS) is 48.0. The third kappa shape index (κ3) is 3.25. The molecular formula is C27H52N2+2. The predicted molar refractivity (Wildman–Crippen MR) is 125 cm³/mol. The van der Waals surface area contributed by atoms with Gasteiger partial charge in [0, 0.05) is 18.3 Å². The van der Waals surface area contributed by atoms with Gasteiger partial charge in [0.05, 0.1) is 53.4 Å². The molecule has 0 aromatic carbocycles. The molecule has 4 aliphatic carbocycles. The molecule has 2 nitrogen and oxygen atoms in total. The fourth-order valence-electron chi connectivity index (χ4n) is 9.47. The summed E-state index contributed by atoms with van der Waals surface area (Å²) in [5.74, 6) is 4.06. The lowest BCUT2D eigenvalue weighted by atomic mass is 9.44. The number of nitrogens with zero attached hydrogens (tertiary/aromatic N) is 2. The Hall–Kier alpha value is -0.0800. The van der Waals surface area contributed by atoms with Gasteiger partial charge in [0.2, 0.25) is 0 Å². The average molecular weight is 405 g/mol. The summed E-state index contributed by atoms with van der Waals surface area (Å²) in [6.45, 7) is 12.8. The molecule has 4 fully saturated rings. The van der Waals surface area contributed by atoms with Gasteiger partial charge in [-0.1, -0.05) is 13.8 Å². The Labute approximate surface area is 182 Å². The minimum Gasteiger partial charge on any atom is -0.326 e. The van der Waals surface area contributed by atoms with Crippen molar-refractivity contribution in [2.24, 2.45) is 34.5 Å². The van der Waals surface area contributed by atoms with Gasteiger partial charge in [-0.25, -0.2) is 0 Å². The van der Waals surface area contributed by atoms with Crippen LogP contribution in [0.15, 0.2) is 0 Å². The first-order chi connectivity index (χ1) is 13.5. The molecule has 2 heteroatoms. The van der Waals surface area contributed by atoms with E-state index >= 15 is 0 Å². The highest BCUT2D eigenvalue weighted by molar-refractivity contribution is 5.09. The highest BCUT2D eigenvalue weighted by atomic mass is 15.3. The smallest absolute Gasteiger partial charge is 0.0943 e. The van der Waals surface area contributed by atoms with Gasteiger partial charge >= 0.3 is 0 Å². The monoisotopic (exact) mass is 404 g/mol. The Kier molecular flexibility index (Phi) is 5.51. The second kappa shape index (κ2) is 7.22. The molecule has 0 saturated heterocycles. The van der Waals surface area contributed by atoms with Crippen molar-refractivity contribution in [3.63, 3.8) is 0 Å². The molecule has 0 heterocycles. The van der Waals surface area contributed by atoms with Crippen LogP contribution in [-0.4, -0.2) is 62.3 Å². The predicted octanol–water partition coefficient (Wildman–Crippen LogP) is 5.96. The van der Waals surface area contributed by atoms with Crippen LogP contribution in [-0.2, 0) is 0 Å². The Balaban J connectivity index is 1.55. The second-order valence-electron chi connectivity index (χ2n) is 13.4. The molecule has 4 aliphatic rings. The first-order valence-electron chi connectivity index (χ1n) is 13.1. The van der Waals surface area contributed by atoms with Crippen LogP contribution in [0.5, 0.6) is 0 Å². The van der Waals surface area contributed by atoms with E-state index in [-0.39, 0.29) is 0 Å². The summed E-state index contributed by atoms with van der Waals surface area (Å²) in [4.78, 5) is 0. The molecule has 4 rings (SSSR count). The maximum Gasteiger partial charge on any atom is 0.0943 e. The molecule has 168 valence electrons. The summed E-state index contributed by atoms with van der Waals surface area (Å²) in [5, 5.41) is 0. The van der Waals surface area contributed by atoms with E-state index in [1.165, 1.54) is 73.4 Å². The molecule has 4 saturated carbocycles. The summed E-state index contributed by atoms with van der Waals surface area (Å²) in [7, 11) is 9.99. The molecule has 0 bridgehead atoms. The van der Waals surface area contributed by atoms with Gasteiger partial charge in [-0.3, -0.25) is 0 Å². The van der Waals surface area contributed by atoms with E-state index in [1.807, 2.05) is 0 Å².